The van der Waals surface area contributed by atoms with E-state index in [2.05, 4.69) is 5.32 Å². The molecule has 0 heterocycles. The van der Waals surface area contributed by atoms with Crippen molar-refractivity contribution >= 4 is 23.6 Å². The topological polar surface area (TPSA) is 75.6 Å². The van der Waals surface area contributed by atoms with Crippen LogP contribution in [0.5, 0.6) is 0 Å². The highest BCUT2D eigenvalue weighted by atomic mass is 32.2. The van der Waals surface area contributed by atoms with Crippen molar-refractivity contribution in [2.24, 2.45) is 0 Å². The van der Waals surface area contributed by atoms with E-state index in [1.165, 1.54) is 0 Å². The summed E-state index contributed by atoms with van der Waals surface area (Å²) in [5.74, 6) is -0.765. The van der Waals surface area contributed by atoms with E-state index < -0.39 is 17.9 Å². The van der Waals surface area contributed by atoms with Crippen molar-refractivity contribution in [1.29, 1.82) is 0 Å². The first-order valence-corrected chi connectivity index (χ1v) is 12.2. The van der Waals surface area contributed by atoms with E-state index in [9.17, 15) is 14.7 Å². The van der Waals surface area contributed by atoms with E-state index in [0.717, 1.165) is 27.8 Å². The number of ether oxygens (including phenoxy) is 1. The number of thioether (sulfide) groups is 1. The van der Waals surface area contributed by atoms with Gasteiger partial charge in [0.1, 0.15) is 6.04 Å². The Morgan fingerprint density at radius 3 is 2.33 bits per heavy atom. The predicted octanol–water partition coefficient (Wildman–Crippen LogP) is 5.31. The Bertz CT molecular complexity index is 1080. The fourth-order valence-corrected chi connectivity index (χ4v) is 4.04. The zero-order valence-electron chi connectivity index (χ0n) is 18.9. The standard InChI is InChI=1S/C27H29NO4S/c1-19-8-6-7-11-22(19)24-16-21(18-32-17-20-9-4-3-5-10-20)12-13-23(24)26(29)28-25(27(30)31)14-15-33-2/h3-13,16,25H,14-15,17-18H2,1-2H3,(H,28,29)(H,30,31). The van der Waals surface area contributed by atoms with Gasteiger partial charge in [-0.15, -0.1) is 0 Å². The summed E-state index contributed by atoms with van der Waals surface area (Å²) in [6.07, 6.45) is 2.28. The van der Waals surface area contributed by atoms with Crippen LogP contribution in [-0.2, 0) is 22.7 Å². The van der Waals surface area contributed by atoms with Gasteiger partial charge in [-0.2, -0.15) is 11.8 Å². The summed E-state index contributed by atoms with van der Waals surface area (Å²) in [5, 5.41) is 12.2. The van der Waals surface area contributed by atoms with Crippen molar-refractivity contribution in [3.05, 3.63) is 95.1 Å². The number of aliphatic carboxylic acids is 1. The van der Waals surface area contributed by atoms with Gasteiger partial charge in [0.2, 0.25) is 0 Å². The Hall–Kier alpha value is -3.09. The molecule has 33 heavy (non-hydrogen) atoms. The van der Waals surface area contributed by atoms with Crippen molar-refractivity contribution in [1.82, 2.24) is 5.32 Å². The lowest BCUT2D eigenvalue weighted by Crippen LogP contribution is -2.41. The average molecular weight is 464 g/mol. The molecule has 0 aromatic heterocycles. The first-order chi connectivity index (χ1) is 16.0. The average Bonchev–Trinajstić information content (AvgIpc) is 2.82. The van der Waals surface area contributed by atoms with Crippen LogP contribution in [-0.4, -0.2) is 35.0 Å². The Balaban J connectivity index is 1.85. The number of benzene rings is 3. The van der Waals surface area contributed by atoms with E-state index in [1.807, 2.05) is 79.9 Å². The van der Waals surface area contributed by atoms with Gasteiger partial charge >= 0.3 is 5.97 Å². The number of rotatable bonds is 11. The maximum absolute atomic E-state index is 13.1. The lowest BCUT2D eigenvalue weighted by molar-refractivity contribution is -0.139. The summed E-state index contributed by atoms with van der Waals surface area (Å²) >= 11 is 1.55. The Labute approximate surface area is 199 Å². The van der Waals surface area contributed by atoms with Crippen molar-refractivity contribution in [2.75, 3.05) is 12.0 Å². The van der Waals surface area contributed by atoms with Gasteiger partial charge in [0.15, 0.2) is 0 Å². The van der Waals surface area contributed by atoms with Gasteiger partial charge in [-0.05, 0) is 65.3 Å². The van der Waals surface area contributed by atoms with Crippen LogP contribution in [0.2, 0.25) is 0 Å². The molecule has 0 aliphatic carbocycles. The molecule has 0 aliphatic heterocycles. The molecule has 1 unspecified atom stereocenters. The smallest absolute Gasteiger partial charge is 0.326 e. The minimum Gasteiger partial charge on any atom is -0.480 e. The number of amides is 1. The van der Waals surface area contributed by atoms with E-state index in [1.54, 1.807) is 17.8 Å². The van der Waals surface area contributed by atoms with E-state index in [-0.39, 0.29) is 0 Å². The van der Waals surface area contributed by atoms with Crippen LogP contribution in [0.4, 0.5) is 0 Å². The maximum atomic E-state index is 13.1. The lowest BCUT2D eigenvalue weighted by atomic mass is 9.93. The lowest BCUT2D eigenvalue weighted by Gasteiger charge is -2.17. The number of hydrogen-bond donors (Lipinski definition) is 2. The predicted molar refractivity (Wildman–Crippen MR) is 133 cm³/mol. The normalized spacial score (nSPS) is 11.7. The van der Waals surface area contributed by atoms with Crippen LogP contribution in [0, 0.1) is 6.92 Å². The van der Waals surface area contributed by atoms with Crippen LogP contribution in [0.1, 0.15) is 33.5 Å². The maximum Gasteiger partial charge on any atom is 0.326 e. The zero-order chi connectivity index (χ0) is 23.6. The van der Waals surface area contributed by atoms with Gasteiger partial charge in [0, 0.05) is 5.56 Å². The molecule has 3 aromatic rings. The molecule has 6 heteroatoms. The van der Waals surface area contributed by atoms with E-state index >= 15 is 0 Å². The van der Waals surface area contributed by atoms with Crippen LogP contribution in [0.15, 0.2) is 72.8 Å². The molecule has 2 N–H and O–H groups in total. The SMILES string of the molecule is CSCCC(NC(=O)c1ccc(COCc2ccccc2)cc1-c1ccccc1C)C(=O)O. The molecule has 3 rings (SSSR count). The summed E-state index contributed by atoms with van der Waals surface area (Å²) in [5.41, 5.74) is 5.22. The second-order valence-electron chi connectivity index (χ2n) is 7.82. The summed E-state index contributed by atoms with van der Waals surface area (Å²) in [4.78, 5) is 24.8. The third-order valence-corrected chi connectivity index (χ3v) is 6.00. The van der Waals surface area contributed by atoms with Crippen molar-refractivity contribution < 1.29 is 19.4 Å². The minimum absolute atomic E-state index is 0.368. The highest BCUT2D eigenvalue weighted by molar-refractivity contribution is 7.98. The van der Waals surface area contributed by atoms with E-state index in [0.29, 0.717) is 31.0 Å². The first kappa shape index (κ1) is 24.6. The molecular formula is C27H29NO4S. The molecular weight excluding hydrogens is 434 g/mol. The van der Waals surface area contributed by atoms with Crippen LogP contribution < -0.4 is 5.32 Å². The fourth-order valence-electron chi connectivity index (χ4n) is 3.57. The minimum atomic E-state index is -1.03. The summed E-state index contributed by atoms with van der Waals surface area (Å²) in [7, 11) is 0. The molecule has 172 valence electrons. The van der Waals surface area contributed by atoms with Crippen molar-refractivity contribution in [2.45, 2.75) is 32.6 Å². The number of carboxylic acids is 1. The molecule has 0 spiro atoms. The van der Waals surface area contributed by atoms with Gasteiger partial charge in [-0.25, -0.2) is 4.79 Å². The first-order valence-electron chi connectivity index (χ1n) is 10.8. The fraction of sp³-hybridized carbons (Fsp3) is 0.259. The molecule has 1 atom stereocenters. The van der Waals surface area contributed by atoms with Crippen LogP contribution in [0.25, 0.3) is 11.1 Å². The van der Waals surface area contributed by atoms with Crippen LogP contribution >= 0.6 is 11.8 Å². The van der Waals surface area contributed by atoms with Gasteiger partial charge in [0.05, 0.1) is 13.2 Å². The van der Waals surface area contributed by atoms with Crippen molar-refractivity contribution in [3.8, 4) is 11.1 Å². The summed E-state index contributed by atoms with van der Waals surface area (Å²) in [6, 6.07) is 22.5. The Morgan fingerprint density at radius 2 is 1.64 bits per heavy atom. The molecule has 0 saturated heterocycles. The molecule has 0 saturated carbocycles. The van der Waals surface area contributed by atoms with Crippen molar-refractivity contribution in [3.63, 3.8) is 0 Å². The summed E-state index contributed by atoms with van der Waals surface area (Å²) < 4.78 is 5.89. The third kappa shape index (κ3) is 6.94. The van der Waals surface area contributed by atoms with Gasteiger partial charge in [-0.1, -0.05) is 60.7 Å². The molecule has 3 aromatic carbocycles. The molecule has 0 aliphatic rings. The van der Waals surface area contributed by atoms with Gasteiger partial charge in [0.25, 0.3) is 5.91 Å². The number of aryl methyl sites for hydroxylation is 1. The molecule has 0 radical (unpaired) electrons. The van der Waals surface area contributed by atoms with Gasteiger partial charge in [-0.3, -0.25) is 4.79 Å². The second-order valence-corrected chi connectivity index (χ2v) is 8.80. The molecule has 0 bridgehead atoms. The summed E-state index contributed by atoms with van der Waals surface area (Å²) in [6.45, 7) is 2.90. The van der Waals surface area contributed by atoms with Gasteiger partial charge < -0.3 is 15.2 Å². The number of carbonyl (C=O) groups is 2. The van der Waals surface area contributed by atoms with Crippen LogP contribution in [0.3, 0.4) is 0 Å². The molecule has 1 amide bonds. The Morgan fingerprint density at radius 1 is 0.939 bits per heavy atom. The highest BCUT2D eigenvalue weighted by Crippen LogP contribution is 2.28. The zero-order valence-corrected chi connectivity index (χ0v) is 19.7. The number of hydrogen-bond acceptors (Lipinski definition) is 4. The van der Waals surface area contributed by atoms with E-state index in [4.69, 9.17) is 4.74 Å². The second kappa shape index (κ2) is 12.2. The highest BCUT2D eigenvalue weighted by Gasteiger charge is 2.22. The largest absolute Gasteiger partial charge is 0.480 e. The third-order valence-electron chi connectivity index (χ3n) is 5.36. The number of carboxylic acid groups (broad SMARTS) is 1. The molecule has 0 fully saturated rings. The Kier molecular flexibility index (Phi) is 9.10. The quantitative estimate of drug-likeness (QED) is 0.403. The monoisotopic (exact) mass is 463 g/mol. The number of carbonyl (C=O) groups excluding carboxylic acids is 1. The number of nitrogens with one attached hydrogen (secondary N) is 1. The molecule has 5 nitrogen and oxygen atoms in total.